The Morgan fingerprint density at radius 3 is 2.84 bits per heavy atom. The third kappa shape index (κ3) is 4.13. The van der Waals surface area contributed by atoms with E-state index in [4.69, 9.17) is 22.3 Å². The van der Waals surface area contributed by atoms with E-state index >= 15 is 0 Å². The molecule has 164 valence electrons. The number of anilines is 1. The van der Waals surface area contributed by atoms with Crippen molar-refractivity contribution in [2.45, 2.75) is 38.8 Å². The topological polar surface area (TPSA) is 97.3 Å². The van der Waals surface area contributed by atoms with E-state index in [0.29, 0.717) is 24.1 Å². The maximum atomic E-state index is 11.2. The number of nitrogens with two attached hydrogens (primary N) is 1. The molecule has 0 bridgehead atoms. The first-order chi connectivity index (χ1) is 15.5. The zero-order valence-electron chi connectivity index (χ0n) is 17.9. The number of nitrogens with one attached hydrogen (secondary N) is 2. The number of imidazole rings is 1. The van der Waals surface area contributed by atoms with Crippen molar-refractivity contribution in [3.8, 4) is 11.3 Å². The van der Waals surface area contributed by atoms with Crippen LogP contribution in [0.25, 0.3) is 27.9 Å². The molecule has 32 heavy (non-hydrogen) atoms. The van der Waals surface area contributed by atoms with Gasteiger partial charge in [0.05, 0.1) is 22.9 Å². The monoisotopic (exact) mass is 448 g/mol. The normalized spacial score (nSPS) is 13.7. The molecule has 0 atom stereocenters. The van der Waals surface area contributed by atoms with Crippen LogP contribution in [0, 0.1) is 6.92 Å². The molecule has 2 heterocycles. The van der Waals surface area contributed by atoms with Gasteiger partial charge in [-0.25, -0.2) is 9.97 Å². The second kappa shape index (κ2) is 8.41. The number of hydrogen-bond acceptors (Lipinski definition) is 5. The number of rotatable bonds is 8. The van der Waals surface area contributed by atoms with Crippen LogP contribution in [0.2, 0.25) is 5.02 Å². The summed E-state index contributed by atoms with van der Waals surface area (Å²) in [5.74, 6) is 0.257. The van der Waals surface area contributed by atoms with Crippen molar-refractivity contribution in [2.24, 2.45) is 5.73 Å². The molecule has 0 unspecified atom stereocenters. The number of fused-ring (bicyclic) bond motifs is 3. The standard InChI is InChI=1S/C24H25ClN6O/c1-14-2-7-20-19(10-14)30-23(27-9-8-22(26)32)24-29-13-21(31(20)24)15-3-4-16(18(25)11-15)12-28-17-5-6-17/h2-4,7,10-11,13,17,28H,5-6,8-9,12H2,1H3,(H2,26,32)(H,27,30). The molecule has 1 aliphatic rings. The number of nitrogens with zero attached hydrogens (tertiary/aromatic N) is 3. The van der Waals surface area contributed by atoms with E-state index in [-0.39, 0.29) is 12.3 Å². The minimum atomic E-state index is -0.361. The van der Waals surface area contributed by atoms with Crippen molar-refractivity contribution < 1.29 is 4.79 Å². The van der Waals surface area contributed by atoms with Gasteiger partial charge in [-0.1, -0.05) is 29.8 Å². The molecule has 0 aliphatic heterocycles. The van der Waals surface area contributed by atoms with Gasteiger partial charge in [-0.15, -0.1) is 0 Å². The summed E-state index contributed by atoms with van der Waals surface area (Å²) in [7, 11) is 0. The molecule has 0 saturated heterocycles. The third-order valence-electron chi connectivity index (χ3n) is 5.75. The van der Waals surface area contributed by atoms with Gasteiger partial charge in [0.15, 0.2) is 11.5 Å². The predicted molar refractivity (Wildman–Crippen MR) is 128 cm³/mol. The molecule has 1 fully saturated rings. The van der Waals surface area contributed by atoms with Crippen LogP contribution in [0.3, 0.4) is 0 Å². The van der Waals surface area contributed by atoms with Crippen LogP contribution in [0.1, 0.15) is 30.4 Å². The Bertz CT molecular complexity index is 1330. The van der Waals surface area contributed by atoms with E-state index in [9.17, 15) is 4.79 Å². The van der Waals surface area contributed by atoms with Crippen LogP contribution >= 0.6 is 11.6 Å². The summed E-state index contributed by atoms with van der Waals surface area (Å²) < 4.78 is 2.09. The smallest absolute Gasteiger partial charge is 0.219 e. The number of carbonyl (C=O) groups excluding carboxylic acids is 1. The molecule has 2 aromatic heterocycles. The van der Waals surface area contributed by atoms with Gasteiger partial charge in [0.2, 0.25) is 5.91 Å². The van der Waals surface area contributed by atoms with Crippen molar-refractivity contribution in [1.29, 1.82) is 0 Å². The van der Waals surface area contributed by atoms with Crippen molar-refractivity contribution >= 4 is 40.0 Å². The highest BCUT2D eigenvalue weighted by Gasteiger charge is 2.21. The van der Waals surface area contributed by atoms with E-state index < -0.39 is 0 Å². The molecule has 5 rings (SSSR count). The van der Waals surface area contributed by atoms with Crippen LogP contribution in [-0.4, -0.2) is 32.9 Å². The summed E-state index contributed by atoms with van der Waals surface area (Å²) in [5, 5.41) is 7.47. The van der Waals surface area contributed by atoms with Crippen molar-refractivity contribution in [3.05, 3.63) is 58.7 Å². The van der Waals surface area contributed by atoms with E-state index in [0.717, 1.165) is 45.0 Å². The Labute approximate surface area is 191 Å². The summed E-state index contributed by atoms with van der Waals surface area (Å²) in [4.78, 5) is 20.6. The molecular formula is C24H25ClN6O. The Morgan fingerprint density at radius 2 is 2.09 bits per heavy atom. The SMILES string of the molecule is Cc1ccc2c(c1)nc(NCCC(N)=O)c1ncc(-c3ccc(CNC4CC4)c(Cl)c3)n12. The van der Waals surface area contributed by atoms with Gasteiger partial charge < -0.3 is 16.4 Å². The highest BCUT2D eigenvalue weighted by molar-refractivity contribution is 6.31. The van der Waals surface area contributed by atoms with E-state index in [2.05, 4.69) is 44.3 Å². The number of aromatic nitrogens is 3. The number of hydrogen-bond donors (Lipinski definition) is 3. The fourth-order valence-corrected chi connectivity index (χ4v) is 4.11. The van der Waals surface area contributed by atoms with Crippen LogP contribution in [0.15, 0.2) is 42.6 Å². The third-order valence-corrected chi connectivity index (χ3v) is 6.10. The summed E-state index contributed by atoms with van der Waals surface area (Å²) in [6.45, 7) is 3.21. The van der Waals surface area contributed by atoms with Crippen molar-refractivity contribution in [3.63, 3.8) is 0 Å². The second-order valence-corrected chi connectivity index (χ2v) is 8.77. The lowest BCUT2D eigenvalue weighted by Crippen LogP contribution is -2.16. The van der Waals surface area contributed by atoms with Crippen LogP contribution in [0.4, 0.5) is 5.82 Å². The van der Waals surface area contributed by atoms with Crippen molar-refractivity contribution in [1.82, 2.24) is 19.7 Å². The van der Waals surface area contributed by atoms with Gasteiger partial charge in [-0.2, -0.15) is 0 Å². The Morgan fingerprint density at radius 1 is 1.25 bits per heavy atom. The number of halogens is 1. The quantitative estimate of drug-likeness (QED) is 0.378. The van der Waals surface area contributed by atoms with E-state index in [1.165, 1.54) is 12.8 Å². The average molecular weight is 449 g/mol. The zero-order valence-corrected chi connectivity index (χ0v) is 18.6. The lowest BCUT2D eigenvalue weighted by molar-refractivity contribution is -0.117. The lowest BCUT2D eigenvalue weighted by Gasteiger charge is -2.12. The molecule has 0 spiro atoms. The van der Waals surface area contributed by atoms with Gasteiger partial charge in [0.1, 0.15) is 0 Å². The van der Waals surface area contributed by atoms with Crippen LogP contribution in [-0.2, 0) is 11.3 Å². The molecule has 2 aromatic carbocycles. The maximum Gasteiger partial charge on any atom is 0.219 e. The number of amides is 1. The van der Waals surface area contributed by atoms with Gasteiger partial charge in [-0.3, -0.25) is 9.20 Å². The molecule has 1 amide bonds. The number of aryl methyl sites for hydroxylation is 1. The molecule has 4 aromatic rings. The Kier molecular flexibility index (Phi) is 5.45. The molecule has 1 aliphatic carbocycles. The van der Waals surface area contributed by atoms with Gasteiger partial charge >= 0.3 is 0 Å². The van der Waals surface area contributed by atoms with Gasteiger partial charge in [-0.05, 0) is 49.1 Å². The Balaban J connectivity index is 1.58. The maximum absolute atomic E-state index is 11.2. The second-order valence-electron chi connectivity index (χ2n) is 8.36. The Hall–Kier alpha value is -3.16. The van der Waals surface area contributed by atoms with Gasteiger partial charge in [0.25, 0.3) is 0 Å². The molecule has 0 radical (unpaired) electrons. The molecule has 4 N–H and O–H groups in total. The first-order valence-corrected chi connectivity index (χ1v) is 11.2. The average Bonchev–Trinajstić information content (AvgIpc) is 3.48. The van der Waals surface area contributed by atoms with E-state index in [1.54, 1.807) is 0 Å². The minimum absolute atomic E-state index is 0.221. The first kappa shape index (κ1) is 20.7. The van der Waals surface area contributed by atoms with Crippen LogP contribution in [0.5, 0.6) is 0 Å². The molecule has 8 heteroatoms. The fraction of sp³-hybridized carbons (Fsp3) is 0.292. The molecule has 7 nitrogen and oxygen atoms in total. The van der Waals surface area contributed by atoms with Crippen LogP contribution < -0.4 is 16.4 Å². The zero-order chi connectivity index (χ0) is 22.2. The number of carbonyl (C=O) groups is 1. The molecule has 1 saturated carbocycles. The highest BCUT2D eigenvalue weighted by Crippen LogP contribution is 2.31. The number of primary amides is 1. The summed E-state index contributed by atoms with van der Waals surface area (Å²) in [6, 6.07) is 12.9. The van der Waals surface area contributed by atoms with Gasteiger partial charge in [0, 0.05) is 36.1 Å². The molecular weight excluding hydrogens is 424 g/mol. The minimum Gasteiger partial charge on any atom is -0.370 e. The predicted octanol–water partition coefficient (Wildman–Crippen LogP) is 4.05. The summed E-state index contributed by atoms with van der Waals surface area (Å²) in [5.41, 5.74) is 11.9. The summed E-state index contributed by atoms with van der Waals surface area (Å²) in [6.07, 6.45) is 4.55. The summed E-state index contributed by atoms with van der Waals surface area (Å²) >= 11 is 6.63. The first-order valence-electron chi connectivity index (χ1n) is 10.8. The largest absolute Gasteiger partial charge is 0.370 e. The van der Waals surface area contributed by atoms with Crippen molar-refractivity contribution in [2.75, 3.05) is 11.9 Å². The van der Waals surface area contributed by atoms with E-state index in [1.807, 2.05) is 25.3 Å². The number of benzene rings is 2. The lowest BCUT2D eigenvalue weighted by atomic mass is 10.1. The fourth-order valence-electron chi connectivity index (χ4n) is 3.86. The highest BCUT2D eigenvalue weighted by atomic mass is 35.5.